The number of hydrogen-bond donors (Lipinski definition) is 3. The van der Waals surface area contributed by atoms with Crippen molar-refractivity contribution in [3.63, 3.8) is 0 Å². The SMILES string of the molecule is CNC(=O)Nc1cc2c(cc1N)OCCO2. The highest BCUT2D eigenvalue weighted by atomic mass is 16.6. The summed E-state index contributed by atoms with van der Waals surface area (Å²) in [6.45, 7) is 1.00. The van der Waals surface area contributed by atoms with Crippen LogP contribution in [0.4, 0.5) is 16.2 Å². The summed E-state index contributed by atoms with van der Waals surface area (Å²) in [6, 6.07) is 2.96. The van der Waals surface area contributed by atoms with E-state index in [1.165, 1.54) is 7.05 Å². The molecule has 6 nitrogen and oxygen atoms in total. The van der Waals surface area contributed by atoms with Gasteiger partial charge >= 0.3 is 6.03 Å². The largest absolute Gasteiger partial charge is 0.486 e. The number of carbonyl (C=O) groups is 1. The number of nitrogens with two attached hydrogens (primary N) is 1. The molecular formula is C10H13N3O3. The molecule has 0 unspecified atom stereocenters. The molecule has 6 heteroatoms. The summed E-state index contributed by atoms with van der Waals surface area (Å²) in [5.41, 5.74) is 6.71. The van der Waals surface area contributed by atoms with E-state index in [9.17, 15) is 4.79 Å². The predicted molar refractivity (Wildman–Crippen MR) is 59.9 cm³/mol. The third kappa shape index (κ3) is 1.95. The fourth-order valence-electron chi connectivity index (χ4n) is 1.40. The number of benzene rings is 1. The van der Waals surface area contributed by atoms with E-state index in [2.05, 4.69) is 10.6 Å². The van der Waals surface area contributed by atoms with Gasteiger partial charge in [0, 0.05) is 19.2 Å². The van der Waals surface area contributed by atoms with E-state index in [1.54, 1.807) is 12.1 Å². The summed E-state index contributed by atoms with van der Waals surface area (Å²) in [5, 5.41) is 5.04. The molecule has 2 amide bonds. The minimum absolute atomic E-state index is 0.330. The van der Waals surface area contributed by atoms with Crippen LogP contribution in [0.25, 0.3) is 0 Å². The zero-order valence-corrected chi connectivity index (χ0v) is 8.87. The van der Waals surface area contributed by atoms with Crippen LogP contribution in [0.15, 0.2) is 12.1 Å². The Bertz CT molecular complexity index is 420. The van der Waals surface area contributed by atoms with Crippen molar-refractivity contribution in [3.05, 3.63) is 12.1 Å². The molecule has 0 atom stereocenters. The molecule has 1 aliphatic rings. The molecule has 2 rings (SSSR count). The van der Waals surface area contributed by atoms with Gasteiger partial charge in [-0.2, -0.15) is 0 Å². The summed E-state index contributed by atoms with van der Waals surface area (Å²) < 4.78 is 10.7. The number of fused-ring (bicyclic) bond motifs is 1. The van der Waals surface area contributed by atoms with Gasteiger partial charge in [0.2, 0.25) is 0 Å². The van der Waals surface area contributed by atoms with Gasteiger partial charge in [-0.25, -0.2) is 4.79 Å². The number of carbonyl (C=O) groups excluding carboxylic acids is 1. The number of ether oxygens (including phenoxy) is 2. The van der Waals surface area contributed by atoms with Crippen molar-refractivity contribution in [2.24, 2.45) is 0 Å². The van der Waals surface area contributed by atoms with Crippen LogP contribution in [-0.2, 0) is 0 Å². The smallest absolute Gasteiger partial charge is 0.319 e. The van der Waals surface area contributed by atoms with Crippen LogP contribution in [-0.4, -0.2) is 26.3 Å². The van der Waals surface area contributed by atoms with E-state index in [0.29, 0.717) is 36.1 Å². The second-order valence-electron chi connectivity index (χ2n) is 3.29. The van der Waals surface area contributed by atoms with Crippen LogP contribution in [0.3, 0.4) is 0 Å². The fraction of sp³-hybridized carbons (Fsp3) is 0.300. The number of amides is 2. The molecule has 1 aliphatic heterocycles. The summed E-state index contributed by atoms with van der Waals surface area (Å²) in [5.74, 6) is 1.19. The van der Waals surface area contributed by atoms with Crippen LogP contribution in [0.5, 0.6) is 11.5 Å². The molecule has 0 spiro atoms. The fourth-order valence-corrected chi connectivity index (χ4v) is 1.40. The molecular weight excluding hydrogens is 210 g/mol. The third-order valence-corrected chi connectivity index (χ3v) is 2.19. The van der Waals surface area contributed by atoms with Crippen molar-refractivity contribution in [2.75, 3.05) is 31.3 Å². The lowest BCUT2D eigenvalue weighted by molar-refractivity contribution is 0.172. The van der Waals surface area contributed by atoms with Crippen molar-refractivity contribution >= 4 is 17.4 Å². The van der Waals surface area contributed by atoms with Crippen molar-refractivity contribution in [2.45, 2.75) is 0 Å². The van der Waals surface area contributed by atoms with Gasteiger partial charge in [-0.1, -0.05) is 0 Å². The number of hydrogen-bond acceptors (Lipinski definition) is 4. The lowest BCUT2D eigenvalue weighted by Gasteiger charge is -2.20. The maximum absolute atomic E-state index is 11.2. The van der Waals surface area contributed by atoms with Gasteiger partial charge in [-0.3, -0.25) is 0 Å². The quantitative estimate of drug-likeness (QED) is 0.614. The standard InChI is InChI=1S/C10H13N3O3/c1-12-10(14)13-7-5-9-8(4-6(7)11)15-2-3-16-9/h4-5H,2-3,11H2,1H3,(H2,12,13,14). The minimum atomic E-state index is -0.330. The molecule has 1 heterocycles. The summed E-state index contributed by atoms with van der Waals surface area (Å²) in [6.07, 6.45) is 0. The minimum Gasteiger partial charge on any atom is -0.486 e. The number of nitrogens with one attached hydrogen (secondary N) is 2. The highest BCUT2D eigenvalue weighted by Gasteiger charge is 2.15. The Labute approximate surface area is 92.7 Å². The monoisotopic (exact) mass is 223 g/mol. The Kier molecular flexibility index (Phi) is 2.72. The van der Waals surface area contributed by atoms with E-state index in [-0.39, 0.29) is 6.03 Å². The molecule has 0 saturated carbocycles. The highest BCUT2D eigenvalue weighted by Crippen LogP contribution is 2.36. The molecule has 86 valence electrons. The maximum atomic E-state index is 11.2. The Morgan fingerprint density at radius 3 is 2.56 bits per heavy atom. The first-order valence-electron chi connectivity index (χ1n) is 4.88. The van der Waals surface area contributed by atoms with Crippen LogP contribution >= 0.6 is 0 Å². The van der Waals surface area contributed by atoms with Crippen LogP contribution in [0, 0.1) is 0 Å². The van der Waals surface area contributed by atoms with Crippen molar-refractivity contribution in [1.29, 1.82) is 0 Å². The topological polar surface area (TPSA) is 85.6 Å². The average molecular weight is 223 g/mol. The molecule has 4 N–H and O–H groups in total. The first-order chi connectivity index (χ1) is 7.70. The maximum Gasteiger partial charge on any atom is 0.319 e. The van der Waals surface area contributed by atoms with Gasteiger partial charge in [0.25, 0.3) is 0 Å². The van der Waals surface area contributed by atoms with Crippen molar-refractivity contribution < 1.29 is 14.3 Å². The molecule has 16 heavy (non-hydrogen) atoms. The Balaban J connectivity index is 2.28. The van der Waals surface area contributed by atoms with Crippen LogP contribution in [0.2, 0.25) is 0 Å². The Morgan fingerprint density at radius 2 is 1.94 bits per heavy atom. The molecule has 0 fully saturated rings. The van der Waals surface area contributed by atoms with Gasteiger partial charge in [0.05, 0.1) is 11.4 Å². The van der Waals surface area contributed by atoms with Crippen molar-refractivity contribution in [1.82, 2.24) is 5.32 Å². The first-order valence-corrected chi connectivity index (χ1v) is 4.88. The van der Waals surface area contributed by atoms with Crippen LogP contribution in [0.1, 0.15) is 0 Å². The average Bonchev–Trinajstić information content (AvgIpc) is 2.30. The third-order valence-electron chi connectivity index (χ3n) is 2.19. The first kappa shape index (κ1) is 10.4. The molecule has 0 bridgehead atoms. The second kappa shape index (κ2) is 4.18. The molecule has 0 radical (unpaired) electrons. The number of nitrogen functional groups attached to an aromatic ring is 1. The molecule has 1 aromatic carbocycles. The second-order valence-corrected chi connectivity index (χ2v) is 3.29. The van der Waals surface area contributed by atoms with E-state index < -0.39 is 0 Å². The van der Waals surface area contributed by atoms with Crippen LogP contribution < -0.4 is 25.8 Å². The molecule has 0 aliphatic carbocycles. The van der Waals surface area contributed by atoms with E-state index >= 15 is 0 Å². The van der Waals surface area contributed by atoms with Gasteiger partial charge in [0.1, 0.15) is 13.2 Å². The normalized spacial score (nSPS) is 13.1. The zero-order valence-electron chi connectivity index (χ0n) is 8.87. The summed E-state index contributed by atoms with van der Waals surface area (Å²) in [7, 11) is 1.53. The molecule has 0 saturated heterocycles. The van der Waals surface area contributed by atoms with E-state index in [0.717, 1.165) is 0 Å². The predicted octanol–water partition coefficient (Wildman–Crippen LogP) is 0.791. The number of anilines is 2. The van der Waals surface area contributed by atoms with Gasteiger partial charge in [-0.05, 0) is 0 Å². The lowest BCUT2D eigenvalue weighted by atomic mass is 10.2. The Morgan fingerprint density at radius 1 is 1.31 bits per heavy atom. The van der Waals surface area contributed by atoms with Gasteiger partial charge in [-0.15, -0.1) is 0 Å². The zero-order chi connectivity index (χ0) is 11.5. The van der Waals surface area contributed by atoms with E-state index in [1.807, 2.05) is 0 Å². The highest BCUT2D eigenvalue weighted by molar-refractivity contribution is 5.93. The Hall–Kier alpha value is -2.11. The molecule has 1 aromatic rings. The lowest BCUT2D eigenvalue weighted by Crippen LogP contribution is -2.25. The number of rotatable bonds is 1. The van der Waals surface area contributed by atoms with Crippen molar-refractivity contribution in [3.8, 4) is 11.5 Å². The number of urea groups is 1. The van der Waals surface area contributed by atoms with Gasteiger partial charge < -0.3 is 25.8 Å². The van der Waals surface area contributed by atoms with E-state index in [4.69, 9.17) is 15.2 Å². The summed E-state index contributed by atoms with van der Waals surface area (Å²) >= 11 is 0. The molecule has 0 aromatic heterocycles. The van der Waals surface area contributed by atoms with Gasteiger partial charge in [0.15, 0.2) is 11.5 Å². The summed E-state index contributed by atoms with van der Waals surface area (Å²) in [4.78, 5) is 11.2.